The topological polar surface area (TPSA) is 53.7 Å². The van der Waals surface area contributed by atoms with E-state index in [2.05, 4.69) is 20.7 Å². The van der Waals surface area contributed by atoms with Gasteiger partial charge in [-0.2, -0.15) is 0 Å². The molecule has 20 heavy (non-hydrogen) atoms. The Hall–Kier alpha value is -2.95. The summed E-state index contributed by atoms with van der Waals surface area (Å²) < 4.78 is 1.91. The fourth-order valence-electron chi connectivity index (χ4n) is 1.79. The highest BCUT2D eigenvalue weighted by molar-refractivity contribution is 5.52. The van der Waals surface area contributed by atoms with E-state index >= 15 is 0 Å². The monoisotopic (exact) mass is 264 g/mol. The van der Waals surface area contributed by atoms with Crippen LogP contribution in [0.25, 0.3) is 0 Å². The van der Waals surface area contributed by atoms with E-state index in [1.807, 2.05) is 53.3 Å². The molecule has 0 radical (unpaired) electrons. The Labute approximate surface area is 116 Å². The first-order valence-electron chi connectivity index (χ1n) is 6.26. The van der Waals surface area contributed by atoms with Crippen LogP contribution in [0, 0.1) is 0 Å². The summed E-state index contributed by atoms with van der Waals surface area (Å²) in [5.41, 5.74) is 5.24. The number of pyridine rings is 3. The minimum atomic E-state index is 0.926. The Morgan fingerprint density at radius 2 is 1.40 bits per heavy atom. The van der Waals surface area contributed by atoms with E-state index in [4.69, 9.17) is 0 Å². The Kier molecular flexibility index (Phi) is 3.51. The summed E-state index contributed by atoms with van der Waals surface area (Å²) in [5.74, 6) is 0.926. The van der Waals surface area contributed by atoms with Crippen LogP contribution in [0.1, 0.15) is 0 Å². The van der Waals surface area contributed by atoms with Gasteiger partial charge in [-0.15, -0.1) is 4.68 Å². The molecule has 0 spiro atoms. The molecule has 0 unspecified atom stereocenters. The van der Waals surface area contributed by atoms with Crippen LogP contribution in [-0.2, 0) is 0 Å². The van der Waals surface area contributed by atoms with Gasteiger partial charge in [0.1, 0.15) is 11.9 Å². The third-order valence-corrected chi connectivity index (χ3v) is 2.74. The first-order chi connectivity index (χ1) is 9.92. The fourth-order valence-corrected chi connectivity index (χ4v) is 1.79. The zero-order chi connectivity index (χ0) is 13.6. The summed E-state index contributed by atoms with van der Waals surface area (Å²) in [5, 5.41) is 3.34. The minimum absolute atomic E-state index is 0.926. The molecule has 0 saturated carbocycles. The van der Waals surface area contributed by atoms with Gasteiger partial charge in [0.25, 0.3) is 0 Å². The van der Waals surface area contributed by atoms with Crippen molar-refractivity contribution < 1.29 is 4.68 Å². The van der Waals surface area contributed by atoms with Crippen molar-refractivity contribution in [2.45, 2.75) is 0 Å². The lowest BCUT2D eigenvalue weighted by Gasteiger charge is -2.08. The van der Waals surface area contributed by atoms with Gasteiger partial charge in [0.15, 0.2) is 0 Å². The highest BCUT2D eigenvalue weighted by Gasteiger charge is 2.09. The molecule has 3 rings (SSSR count). The average Bonchev–Trinajstić information content (AvgIpc) is 2.51. The van der Waals surface area contributed by atoms with Gasteiger partial charge in [0, 0.05) is 43.0 Å². The summed E-state index contributed by atoms with van der Waals surface area (Å²) in [7, 11) is 0. The quantitative estimate of drug-likeness (QED) is 0.710. The van der Waals surface area contributed by atoms with Gasteiger partial charge in [-0.25, -0.2) is 10.7 Å². The smallest absolute Gasteiger partial charge is 0.265 e. The van der Waals surface area contributed by atoms with Gasteiger partial charge in [-0.3, -0.25) is 9.97 Å². The summed E-state index contributed by atoms with van der Waals surface area (Å²) in [6.07, 6.45) is 8.96. The van der Waals surface area contributed by atoms with Crippen LogP contribution in [0.3, 0.4) is 0 Å². The van der Waals surface area contributed by atoms with E-state index in [1.165, 1.54) is 0 Å². The molecule has 5 heteroatoms. The van der Waals surface area contributed by atoms with Crippen LogP contribution >= 0.6 is 0 Å². The second-order valence-electron chi connectivity index (χ2n) is 4.16. The number of hydrogen-bond donors (Lipinski definition) is 2. The maximum atomic E-state index is 4.01. The second kappa shape index (κ2) is 5.79. The number of anilines is 3. The standard InChI is InChI=1S/C15H13N5/c1-2-12-20(19-14-6-10-17-11-7-14)15(3-1)18-13-4-8-16-9-5-13/h1-12H,(H,17,19)/p+1. The molecule has 0 aliphatic carbocycles. The van der Waals surface area contributed by atoms with Crippen molar-refractivity contribution in [1.82, 2.24) is 9.97 Å². The third kappa shape index (κ3) is 2.89. The van der Waals surface area contributed by atoms with Crippen molar-refractivity contribution in [3.8, 4) is 0 Å². The normalized spacial score (nSPS) is 10.0. The van der Waals surface area contributed by atoms with Crippen molar-refractivity contribution in [2.24, 2.45) is 0 Å². The largest absolute Gasteiger partial charge is 0.303 e. The third-order valence-electron chi connectivity index (χ3n) is 2.74. The van der Waals surface area contributed by atoms with E-state index in [0.717, 1.165) is 17.2 Å². The Morgan fingerprint density at radius 1 is 0.750 bits per heavy atom. The number of hydrogen-bond acceptors (Lipinski definition) is 4. The van der Waals surface area contributed by atoms with E-state index in [0.29, 0.717) is 0 Å². The van der Waals surface area contributed by atoms with Crippen LogP contribution in [0.4, 0.5) is 17.2 Å². The molecule has 3 heterocycles. The Bertz CT molecular complexity index is 610. The van der Waals surface area contributed by atoms with E-state index in [-0.39, 0.29) is 0 Å². The van der Waals surface area contributed by atoms with Gasteiger partial charge >= 0.3 is 5.82 Å². The van der Waals surface area contributed by atoms with Gasteiger partial charge in [0.05, 0.1) is 5.69 Å². The molecule has 2 N–H and O–H groups in total. The molecule has 3 aromatic heterocycles. The van der Waals surface area contributed by atoms with E-state index in [9.17, 15) is 0 Å². The summed E-state index contributed by atoms with van der Waals surface area (Å²) in [6.45, 7) is 0. The minimum Gasteiger partial charge on any atom is -0.265 e. The van der Waals surface area contributed by atoms with Gasteiger partial charge < -0.3 is 0 Å². The first-order valence-corrected chi connectivity index (χ1v) is 6.26. The number of nitrogens with one attached hydrogen (secondary N) is 2. The maximum Gasteiger partial charge on any atom is 0.303 e. The van der Waals surface area contributed by atoms with Crippen molar-refractivity contribution in [3.63, 3.8) is 0 Å². The van der Waals surface area contributed by atoms with Gasteiger partial charge in [-0.05, 0) is 18.2 Å². The maximum absolute atomic E-state index is 4.01. The molecule has 3 aromatic rings. The number of aromatic nitrogens is 3. The van der Waals surface area contributed by atoms with Crippen molar-refractivity contribution >= 4 is 17.2 Å². The van der Waals surface area contributed by atoms with E-state index in [1.54, 1.807) is 24.8 Å². The molecule has 5 nitrogen and oxygen atoms in total. The van der Waals surface area contributed by atoms with Crippen LogP contribution < -0.4 is 15.4 Å². The molecule has 0 aliphatic rings. The van der Waals surface area contributed by atoms with Gasteiger partial charge in [-0.1, -0.05) is 6.07 Å². The van der Waals surface area contributed by atoms with E-state index < -0.39 is 0 Å². The molecule has 0 fully saturated rings. The second-order valence-corrected chi connectivity index (χ2v) is 4.16. The highest BCUT2D eigenvalue weighted by Crippen LogP contribution is 2.11. The van der Waals surface area contributed by atoms with Crippen LogP contribution in [0.2, 0.25) is 0 Å². The number of rotatable bonds is 4. The SMILES string of the molecule is c1cc[n+](Nc2ccncc2)c(Nc2ccncc2)c1. The van der Waals surface area contributed by atoms with Crippen molar-refractivity contribution in [3.05, 3.63) is 73.4 Å². The molecule has 0 aliphatic heterocycles. The number of nitrogens with zero attached hydrogens (tertiary/aromatic N) is 3. The molecule has 0 saturated heterocycles. The molecule has 0 atom stereocenters. The summed E-state index contributed by atoms with van der Waals surface area (Å²) in [4.78, 5) is 8.01. The zero-order valence-electron chi connectivity index (χ0n) is 10.8. The van der Waals surface area contributed by atoms with Crippen LogP contribution in [-0.4, -0.2) is 9.97 Å². The lowest BCUT2D eigenvalue weighted by Crippen LogP contribution is -2.44. The molecule has 98 valence electrons. The van der Waals surface area contributed by atoms with Crippen LogP contribution in [0.5, 0.6) is 0 Å². The lowest BCUT2D eigenvalue weighted by molar-refractivity contribution is -0.628. The van der Waals surface area contributed by atoms with Crippen molar-refractivity contribution in [2.75, 3.05) is 10.7 Å². The van der Waals surface area contributed by atoms with Crippen LogP contribution in [0.15, 0.2) is 73.4 Å². The molecule has 0 aromatic carbocycles. The Balaban J connectivity index is 1.85. The fraction of sp³-hybridized carbons (Fsp3) is 0. The molecule has 0 amide bonds. The predicted molar refractivity (Wildman–Crippen MR) is 77.4 cm³/mol. The van der Waals surface area contributed by atoms with Gasteiger partial charge in [0.2, 0.25) is 0 Å². The Morgan fingerprint density at radius 3 is 2.10 bits per heavy atom. The molecule has 0 bridgehead atoms. The van der Waals surface area contributed by atoms with Crippen molar-refractivity contribution in [1.29, 1.82) is 0 Å². The average molecular weight is 264 g/mol. The predicted octanol–water partition coefficient (Wildman–Crippen LogP) is 2.38. The summed E-state index contributed by atoms with van der Waals surface area (Å²) in [6, 6.07) is 13.6. The first kappa shape index (κ1) is 12.1. The lowest BCUT2D eigenvalue weighted by atomic mass is 10.4. The molecular weight excluding hydrogens is 250 g/mol. The molecular formula is C15H14N5+. The zero-order valence-corrected chi connectivity index (χ0v) is 10.8. The highest BCUT2D eigenvalue weighted by atomic mass is 15.4. The summed E-state index contributed by atoms with van der Waals surface area (Å²) >= 11 is 0.